The summed E-state index contributed by atoms with van der Waals surface area (Å²) in [5.41, 5.74) is 0.489. The lowest BCUT2D eigenvalue weighted by Crippen LogP contribution is -2.41. The first-order valence-corrected chi connectivity index (χ1v) is 8.21. The second-order valence-electron chi connectivity index (χ2n) is 4.94. The molecule has 3 atom stereocenters. The zero-order chi connectivity index (χ0) is 15.4. The van der Waals surface area contributed by atoms with Gasteiger partial charge in [-0.05, 0) is 12.8 Å². The van der Waals surface area contributed by atoms with E-state index in [-0.39, 0.29) is 6.16 Å². The molecule has 112 valence electrons. The lowest BCUT2D eigenvalue weighted by Gasteiger charge is -2.19. The summed E-state index contributed by atoms with van der Waals surface area (Å²) in [7, 11) is -2.19. The Morgan fingerprint density at radius 3 is 2.62 bits per heavy atom. The maximum atomic E-state index is 12.1. The molecule has 1 aliphatic heterocycles. The number of carbonyl (C=O) groups is 2. The molecule has 2 N–H and O–H groups in total. The number of likely N-dealkylation sites (tertiary alicyclic amines) is 1. The van der Waals surface area contributed by atoms with Crippen LogP contribution in [0, 0.1) is 0 Å². The molecule has 6 nitrogen and oxygen atoms in total. The molecule has 1 amide bonds. The van der Waals surface area contributed by atoms with Crippen molar-refractivity contribution in [1.82, 2.24) is 4.90 Å². The normalized spacial score (nSPS) is 20.1. The van der Waals surface area contributed by atoms with Crippen LogP contribution < -0.4 is 0 Å². The number of carbonyl (C=O) groups excluding carboxylic acids is 1. The Kier molecular flexibility index (Phi) is 5.04. The summed E-state index contributed by atoms with van der Waals surface area (Å²) in [4.78, 5) is 24.4. The van der Waals surface area contributed by atoms with Gasteiger partial charge in [0.05, 0.1) is 0 Å². The van der Waals surface area contributed by atoms with Crippen LogP contribution in [0.5, 0.6) is 0 Å². The molecule has 0 aromatic heterocycles. The third kappa shape index (κ3) is 3.65. The fourth-order valence-corrected chi connectivity index (χ4v) is 3.55. The van der Waals surface area contributed by atoms with Crippen LogP contribution in [0.2, 0.25) is 0 Å². The number of aliphatic carboxylic acids is 1. The average Bonchev–Trinajstić information content (AvgIpc) is 2.97. The summed E-state index contributed by atoms with van der Waals surface area (Å²) in [5, 5.41) is 19.0. The highest BCUT2D eigenvalue weighted by molar-refractivity contribution is 7.46. The number of aliphatic hydroxyl groups excluding tert-OH is 1. The monoisotopic (exact) mass is 310 g/mol. The fraction of sp³-hybridized carbons (Fsp3) is 0.429. The predicted octanol–water partition coefficient (Wildman–Crippen LogP) is 1.58. The smallest absolute Gasteiger partial charge is 0.385 e. The Balaban J connectivity index is 1.99. The number of aliphatic hydroxyl groups is 1. The van der Waals surface area contributed by atoms with E-state index in [1.165, 1.54) is 4.90 Å². The molecule has 0 radical (unpaired) electrons. The number of hydrogen-bond acceptors (Lipinski definition) is 4. The van der Waals surface area contributed by atoms with E-state index >= 15 is 0 Å². The predicted molar refractivity (Wildman–Crippen MR) is 76.2 cm³/mol. The highest BCUT2D eigenvalue weighted by atomic mass is 31.1. The van der Waals surface area contributed by atoms with Gasteiger partial charge in [0.2, 0.25) is 6.16 Å². The molecular formula is C14H17NO5P+. The number of carboxylic acids is 1. The summed E-state index contributed by atoms with van der Waals surface area (Å²) in [6.45, 7) is 0.362. The van der Waals surface area contributed by atoms with E-state index in [2.05, 4.69) is 0 Å². The second kappa shape index (κ2) is 6.78. The Hall–Kier alpha value is -1.78. The Morgan fingerprint density at radius 2 is 2.00 bits per heavy atom. The summed E-state index contributed by atoms with van der Waals surface area (Å²) in [6.07, 6.45) is 0.703. The lowest BCUT2D eigenvalue weighted by molar-refractivity contribution is -0.147. The van der Waals surface area contributed by atoms with Gasteiger partial charge in [0.1, 0.15) is 6.04 Å². The van der Waals surface area contributed by atoms with Crippen LogP contribution >= 0.6 is 7.80 Å². The van der Waals surface area contributed by atoms with Crippen LogP contribution in [-0.4, -0.2) is 45.7 Å². The van der Waals surface area contributed by atoms with Gasteiger partial charge in [-0.25, -0.2) is 4.79 Å². The Morgan fingerprint density at radius 1 is 1.33 bits per heavy atom. The van der Waals surface area contributed by atoms with Gasteiger partial charge in [0, 0.05) is 12.1 Å². The maximum absolute atomic E-state index is 12.1. The summed E-state index contributed by atoms with van der Waals surface area (Å²) in [6, 6.07) is 7.64. The van der Waals surface area contributed by atoms with E-state index in [0.29, 0.717) is 24.9 Å². The van der Waals surface area contributed by atoms with Crippen molar-refractivity contribution < 1.29 is 24.4 Å². The molecule has 7 heteroatoms. The van der Waals surface area contributed by atoms with Crippen molar-refractivity contribution in [2.45, 2.75) is 24.7 Å². The molecule has 0 bridgehead atoms. The first-order valence-electron chi connectivity index (χ1n) is 6.69. The Bertz CT molecular complexity index is 548. The number of rotatable bonds is 5. The number of hydrogen-bond donors (Lipinski definition) is 2. The second-order valence-corrected chi connectivity index (χ2v) is 6.58. The zero-order valence-corrected chi connectivity index (χ0v) is 12.3. The first kappa shape index (κ1) is 15.6. The minimum Gasteiger partial charge on any atom is -0.480 e. The molecule has 0 aliphatic carbocycles. The van der Waals surface area contributed by atoms with E-state index in [4.69, 9.17) is 5.11 Å². The van der Waals surface area contributed by atoms with E-state index in [9.17, 15) is 19.3 Å². The fourth-order valence-electron chi connectivity index (χ4n) is 2.42. The number of carboxylic acid groups (broad SMARTS) is 1. The van der Waals surface area contributed by atoms with Crippen molar-refractivity contribution >= 4 is 19.7 Å². The van der Waals surface area contributed by atoms with E-state index in [1.54, 1.807) is 30.3 Å². The standard InChI is InChI=1S/C14H16NO5P/c16-12(15-8-4-7-11(15)13(17)18)9-21(20)14(19)10-5-2-1-3-6-10/h1-3,5-6,11,14,19H,4,7-9H2/p+1/t11-,14?/m0/s1. The van der Waals surface area contributed by atoms with Gasteiger partial charge in [-0.2, -0.15) is 0 Å². The molecule has 0 saturated carbocycles. The topological polar surface area (TPSA) is 94.9 Å². The van der Waals surface area contributed by atoms with Gasteiger partial charge < -0.3 is 15.1 Å². The van der Waals surface area contributed by atoms with Crippen molar-refractivity contribution in [1.29, 1.82) is 0 Å². The molecule has 1 aliphatic rings. The van der Waals surface area contributed by atoms with Crippen LogP contribution in [0.15, 0.2) is 30.3 Å². The molecule has 2 rings (SSSR count). The number of benzene rings is 1. The van der Waals surface area contributed by atoms with Crippen molar-refractivity contribution in [3.8, 4) is 0 Å². The van der Waals surface area contributed by atoms with Gasteiger partial charge in [-0.3, -0.25) is 4.79 Å². The molecule has 21 heavy (non-hydrogen) atoms. The van der Waals surface area contributed by atoms with Gasteiger partial charge in [0.15, 0.2) is 0 Å². The molecule has 1 saturated heterocycles. The van der Waals surface area contributed by atoms with Gasteiger partial charge in [0.25, 0.3) is 11.8 Å². The van der Waals surface area contributed by atoms with Crippen LogP contribution in [0.3, 0.4) is 0 Å². The van der Waals surface area contributed by atoms with Crippen molar-refractivity contribution in [2.24, 2.45) is 0 Å². The summed E-state index contributed by atoms with van der Waals surface area (Å²) >= 11 is 0. The van der Waals surface area contributed by atoms with E-state index < -0.39 is 31.6 Å². The van der Waals surface area contributed by atoms with Gasteiger partial charge in [-0.1, -0.05) is 34.9 Å². The van der Waals surface area contributed by atoms with Crippen molar-refractivity contribution in [2.75, 3.05) is 12.7 Å². The largest absolute Gasteiger partial charge is 0.480 e. The molecule has 1 aromatic rings. The molecule has 2 unspecified atom stereocenters. The molecular weight excluding hydrogens is 293 g/mol. The molecule has 1 aromatic carbocycles. The molecule has 1 heterocycles. The third-order valence-corrected chi connectivity index (χ3v) is 4.95. The summed E-state index contributed by atoms with van der Waals surface area (Å²) in [5.74, 6) is -2.73. The zero-order valence-electron chi connectivity index (χ0n) is 11.4. The third-order valence-electron chi connectivity index (χ3n) is 3.52. The van der Waals surface area contributed by atoms with Crippen LogP contribution in [0.4, 0.5) is 0 Å². The Labute approximate surface area is 123 Å². The summed E-state index contributed by atoms with van der Waals surface area (Å²) < 4.78 is 12.1. The van der Waals surface area contributed by atoms with Gasteiger partial charge in [-0.15, -0.1) is 0 Å². The number of nitrogens with zero attached hydrogens (tertiary/aromatic N) is 1. The highest BCUT2D eigenvalue weighted by Crippen LogP contribution is 2.39. The SMILES string of the molecule is O=C(O)[C@@H]1CCCN1C(=O)C[P+](=O)C(O)c1ccccc1. The number of amides is 1. The highest BCUT2D eigenvalue weighted by Gasteiger charge is 2.39. The van der Waals surface area contributed by atoms with Gasteiger partial charge >= 0.3 is 13.8 Å². The minimum atomic E-state index is -2.19. The molecule has 0 spiro atoms. The lowest BCUT2D eigenvalue weighted by atomic mass is 10.2. The first-order chi connectivity index (χ1) is 10.0. The minimum absolute atomic E-state index is 0.338. The van der Waals surface area contributed by atoms with E-state index in [1.807, 2.05) is 0 Å². The molecule has 1 fully saturated rings. The van der Waals surface area contributed by atoms with Crippen LogP contribution in [0.25, 0.3) is 0 Å². The van der Waals surface area contributed by atoms with E-state index in [0.717, 1.165) is 0 Å². The van der Waals surface area contributed by atoms with Crippen LogP contribution in [-0.2, 0) is 14.2 Å². The maximum Gasteiger partial charge on any atom is 0.385 e. The quantitative estimate of drug-likeness (QED) is 0.805. The van der Waals surface area contributed by atoms with Crippen molar-refractivity contribution in [3.63, 3.8) is 0 Å². The van der Waals surface area contributed by atoms with Crippen molar-refractivity contribution in [3.05, 3.63) is 35.9 Å². The average molecular weight is 310 g/mol. The van der Waals surface area contributed by atoms with Crippen LogP contribution in [0.1, 0.15) is 24.3 Å².